The highest BCUT2D eigenvalue weighted by molar-refractivity contribution is 6.11. The molecule has 0 radical (unpaired) electrons. The standard InChI is InChI=1S/C38H37FN2O5/c1-37(2)20-29-35(45-22-37)33(26-17-16-25(18-28(26)39)44-21-23-10-6-5-7-11-23)41(30-14-9-15-31(42)32(30)40-29)36(43)27-13-8-12-24-19-38(3,4)46-34(24)27/h5-18,33,40,42H,19-22H2,1-4H3. The number of aromatic hydroxyl groups is 1. The van der Waals surface area contributed by atoms with Gasteiger partial charge in [0.1, 0.15) is 52.8 Å². The third-order valence-electron chi connectivity index (χ3n) is 8.69. The summed E-state index contributed by atoms with van der Waals surface area (Å²) < 4.78 is 35.1. The first kappa shape index (κ1) is 29.7. The highest BCUT2D eigenvalue weighted by atomic mass is 19.1. The molecule has 0 bridgehead atoms. The molecule has 0 saturated carbocycles. The number of benzene rings is 4. The van der Waals surface area contributed by atoms with E-state index in [0.29, 0.717) is 59.3 Å². The van der Waals surface area contributed by atoms with Crippen LogP contribution in [0.3, 0.4) is 0 Å². The fourth-order valence-electron chi connectivity index (χ4n) is 6.57. The number of carbonyl (C=O) groups is 1. The first-order valence-electron chi connectivity index (χ1n) is 15.6. The average Bonchev–Trinajstić information content (AvgIpc) is 3.27. The van der Waals surface area contributed by atoms with Gasteiger partial charge in [0.05, 0.1) is 23.6 Å². The maximum Gasteiger partial charge on any atom is 0.263 e. The largest absolute Gasteiger partial charge is 0.506 e. The molecular weight excluding hydrogens is 583 g/mol. The minimum absolute atomic E-state index is 0.0352. The zero-order valence-electron chi connectivity index (χ0n) is 26.4. The van der Waals surface area contributed by atoms with Gasteiger partial charge < -0.3 is 24.6 Å². The van der Waals surface area contributed by atoms with Crippen molar-refractivity contribution in [1.82, 2.24) is 0 Å². The number of nitrogens with zero attached hydrogens (tertiary/aromatic N) is 1. The molecule has 0 fully saturated rings. The van der Waals surface area contributed by atoms with Crippen LogP contribution in [0.25, 0.3) is 0 Å². The number of nitrogens with one attached hydrogen (secondary N) is 1. The van der Waals surface area contributed by atoms with E-state index in [1.165, 1.54) is 11.0 Å². The molecule has 7 rings (SSSR count). The molecule has 3 heterocycles. The summed E-state index contributed by atoms with van der Waals surface area (Å²) >= 11 is 0. The summed E-state index contributed by atoms with van der Waals surface area (Å²) in [5, 5.41) is 14.5. The van der Waals surface area contributed by atoms with Crippen LogP contribution in [0, 0.1) is 11.2 Å². The van der Waals surface area contributed by atoms with Gasteiger partial charge in [-0.15, -0.1) is 0 Å². The van der Waals surface area contributed by atoms with Crippen molar-refractivity contribution in [2.24, 2.45) is 5.41 Å². The van der Waals surface area contributed by atoms with E-state index in [2.05, 4.69) is 19.2 Å². The monoisotopic (exact) mass is 620 g/mol. The fraction of sp³-hybridized carbons (Fsp3) is 0.289. The SMILES string of the molecule is CC1(C)COC2=C(C1)Nc1c(O)cccc1N(C(=O)c1cccc3c1OC(C)(C)C3)C2c1ccc(OCc2ccccc2)cc1F. The van der Waals surface area contributed by atoms with Gasteiger partial charge in [-0.2, -0.15) is 0 Å². The molecule has 236 valence electrons. The number of fused-ring (bicyclic) bond motifs is 2. The Kier molecular flexibility index (Phi) is 7.18. The number of amides is 1. The average molecular weight is 621 g/mol. The van der Waals surface area contributed by atoms with E-state index in [1.807, 2.05) is 56.3 Å². The molecule has 46 heavy (non-hydrogen) atoms. The molecular formula is C38H37FN2O5. The van der Waals surface area contributed by atoms with Crippen LogP contribution >= 0.6 is 0 Å². The van der Waals surface area contributed by atoms with Crippen molar-refractivity contribution >= 4 is 17.3 Å². The number of hydrogen-bond donors (Lipinski definition) is 2. The second-order valence-corrected chi connectivity index (χ2v) is 13.6. The molecule has 4 aromatic rings. The van der Waals surface area contributed by atoms with Crippen molar-refractivity contribution in [1.29, 1.82) is 0 Å². The number of halogens is 1. The minimum Gasteiger partial charge on any atom is -0.506 e. The van der Waals surface area contributed by atoms with Crippen molar-refractivity contribution in [3.05, 3.63) is 124 Å². The van der Waals surface area contributed by atoms with Crippen LogP contribution in [0.1, 0.15) is 67.2 Å². The molecule has 0 aromatic heterocycles. The van der Waals surface area contributed by atoms with Crippen LogP contribution in [0.5, 0.6) is 17.2 Å². The van der Waals surface area contributed by atoms with Crippen molar-refractivity contribution in [3.63, 3.8) is 0 Å². The van der Waals surface area contributed by atoms with Gasteiger partial charge in [-0.1, -0.05) is 62.4 Å². The Bertz CT molecular complexity index is 1870. The highest BCUT2D eigenvalue weighted by Crippen LogP contribution is 2.51. The van der Waals surface area contributed by atoms with Crippen LogP contribution in [0.2, 0.25) is 0 Å². The second kappa shape index (κ2) is 11.1. The topological polar surface area (TPSA) is 80.3 Å². The Morgan fingerprint density at radius 2 is 1.78 bits per heavy atom. The summed E-state index contributed by atoms with van der Waals surface area (Å²) in [4.78, 5) is 16.5. The molecule has 3 aliphatic rings. The van der Waals surface area contributed by atoms with Gasteiger partial charge in [0.25, 0.3) is 5.91 Å². The number of rotatable bonds is 5. The maximum atomic E-state index is 16.4. The molecule has 2 N–H and O–H groups in total. The van der Waals surface area contributed by atoms with E-state index in [9.17, 15) is 9.90 Å². The van der Waals surface area contributed by atoms with E-state index >= 15 is 4.39 Å². The van der Waals surface area contributed by atoms with Crippen LogP contribution in [0.4, 0.5) is 15.8 Å². The van der Waals surface area contributed by atoms with E-state index < -0.39 is 23.4 Å². The van der Waals surface area contributed by atoms with Gasteiger partial charge in [-0.25, -0.2) is 4.39 Å². The molecule has 8 heteroatoms. The lowest BCUT2D eigenvalue weighted by molar-refractivity contribution is 0.0755. The summed E-state index contributed by atoms with van der Waals surface area (Å²) in [6.07, 6.45) is 1.21. The number of phenols is 1. The zero-order valence-corrected chi connectivity index (χ0v) is 26.4. The number of anilines is 2. The molecule has 4 aromatic carbocycles. The molecule has 3 aliphatic heterocycles. The molecule has 0 spiro atoms. The lowest BCUT2D eigenvalue weighted by atomic mass is 9.85. The number of para-hydroxylation sites is 2. The molecule has 1 unspecified atom stereocenters. The van der Waals surface area contributed by atoms with E-state index in [1.54, 1.807) is 36.4 Å². The summed E-state index contributed by atoms with van der Waals surface area (Å²) in [6.45, 7) is 8.79. The van der Waals surface area contributed by atoms with E-state index in [-0.39, 0.29) is 23.3 Å². The summed E-state index contributed by atoms with van der Waals surface area (Å²) in [5.41, 5.74) is 3.18. The quantitative estimate of drug-likeness (QED) is 0.219. The number of phenolic OH excluding ortho intramolecular Hbond substituents is 1. The summed E-state index contributed by atoms with van der Waals surface area (Å²) in [6, 6.07) is 23.9. The summed E-state index contributed by atoms with van der Waals surface area (Å²) in [5.74, 6) is 0.317. The predicted octanol–water partition coefficient (Wildman–Crippen LogP) is 8.30. The van der Waals surface area contributed by atoms with Gasteiger partial charge >= 0.3 is 0 Å². The van der Waals surface area contributed by atoms with Gasteiger partial charge in [0.15, 0.2) is 0 Å². The van der Waals surface area contributed by atoms with Crippen LogP contribution in [-0.4, -0.2) is 23.2 Å². The van der Waals surface area contributed by atoms with E-state index in [4.69, 9.17) is 14.2 Å². The minimum atomic E-state index is -0.998. The van der Waals surface area contributed by atoms with Crippen molar-refractivity contribution < 1.29 is 28.5 Å². The van der Waals surface area contributed by atoms with Crippen molar-refractivity contribution in [2.45, 2.75) is 58.8 Å². The lowest BCUT2D eigenvalue weighted by Crippen LogP contribution is -2.39. The molecule has 1 atom stereocenters. The van der Waals surface area contributed by atoms with Crippen molar-refractivity contribution in [3.8, 4) is 17.2 Å². The van der Waals surface area contributed by atoms with Crippen LogP contribution < -0.4 is 19.7 Å². The smallest absolute Gasteiger partial charge is 0.263 e. The second-order valence-electron chi connectivity index (χ2n) is 13.6. The molecule has 0 aliphatic carbocycles. The van der Waals surface area contributed by atoms with Gasteiger partial charge in [0, 0.05) is 23.5 Å². The number of ether oxygens (including phenoxy) is 3. The predicted molar refractivity (Wildman–Crippen MR) is 175 cm³/mol. The first-order valence-corrected chi connectivity index (χ1v) is 15.6. The van der Waals surface area contributed by atoms with Gasteiger partial charge in [0.2, 0.25) is 0 Å². The number of carbonyl (C=O) groups excluding carboxylic acids is 1. The van der Waals surface area contributed by atoms with E-state index in [0.717, 1.165) is 11.1 Å². The Morgan fingerprint density at radius 1 is 1.00 bits per heavy atom. The third kappa shape index (κ3) is 5.42. The third-order valence-corrected chi connectivity index (χ3v) is 8.69. The van der Waals surface area contributed by atoms with Gasteiger partial charge in [-0.05, 0) is 61.7 Å². The van der Waals surface area contributed by atoms with Crippen LogP contribution in [-0.2, 0) is 17.8 Å². The Hall–Kier alpha value is -4.98. The number of hydrogen-bond acceptors (Lipinski definition) is 6. The first-order chi connectivity index (χ1) is 22.0. The Labute approximate surface area is 268 Å². The summed E-state index contributed by atoms with van der Waals surface area (Å²) in [7, 11) is 0. The Morgan fingerprint density at radius 3 is 2.57 bits per heavy atom. The van der Waals surface area contributed by atoms with Crippen LogP contribution in [0.15, 0.2) is 96.4 Å². The Balaban J connectivity index is 1.38. The van der Waals surface area contributed by atoms with Crippen molar-refractivity contribution in [2.75, 3.05) is 16.8 Å². The normalized spacial score (nSPS) is 19.1. The highest BCUT2D eigenvalue weighted by Gasteiger charge is 2.44. The maximum absolute atomic E-state index is 16.4. The fourth-order valence-corrected chi connectivity index (χ4v) is 6.57. The molecule has 0 saturated heterocycles. The molecule has 7 nitrogen and oxygen atoms in total. The van der Waals surface area contributed by atoms with Gasteiger partial charge in [-0.3, -0.25) is 9.69 Å². The lowest BCUT2D eigenvalue weighted by Gasteiger charge is -2.38. The molecule has 1 amide bonds. The number of allylic oxidation sites excluding steroid dienone is 1. The zero-order chi connectivity index (χ0) is 32.2.